The summed E-state index contributed by atoms with van der Waals surface area (Å²) in [6.07, 6.45) is 0. The maximum Gasteiger partial charge on any atom is 0.243 e. The molecule has 1 fully saturated rings. The molecule has 1 aliphatic heterocycles. The van der Waals surface area contributed by atoms with Gasteiger partial charge in [0, 0.05) is 31.6 Å². The molecule has 0 atom stereocenters. The number of sulfonamides is 1. The Kier molecular flexibility index (Phi) is 4.30. The first-order chi connectivity index (χ1) is 12.6. The van der Waals surface area contributed by atoms with Crippen LogP contribution in [0, 0.1) is 0 Å². The van der Waals surface area contributed by atoms with E-state index in [-0.39, 0.29) is 5.75 Å². The predicted octanol–water partition coefficient (Wildman–Crippen LogP) is 3.06. The summed E-state index contributed by atoms with van der Waals surface area (Å²) >= 11 is 0. The van der Waals surface area contributed by atoms with Crippen molar-refractivity contribution in [2.75, 3.05) is 31.1 Å². The van der Waals surface area contributed by atoms with Crippen molar-refractivity contribution in [3.8, 4) is 5.75 Å². The molecule has 3 aromatic rings. The van der Waals surface area contributed by atoms with Gasteiger partial charge in [0.25, 0.3) is 0 Å². The van der Waals surface area contributed by atoms with Gasteiger partial charge in [-0.3, -0.25) is 0 Å². The molecule has 5 nitrogen and oxygen atoms in total. The van der Waals surface area contributed by atoms with Crippen molar-refractivity contribution in [1.29, 1.82) is 0 Å². The highest BCUT2D eigenvalue weighted by Gasteiger charge is 2.30. The van der Waals surface area contributed by atoms with Gasteiger partial charge in [0.15, 0.2) is 0 Å². The summed E-state index contributed by atoms with van der Waals surface area (Å²) in [4.78, 5) is 2.37. The molecule has 0 saturated carbocycles. The molecule has 0 radical (unpaired) electrons. The molecule has 1 saturated heterocycles. The van der Waals surface area contributed by atoms with Gasteiger partial charge in [0.2, 0.25) is 10.0 Å². The van der Waals surface area contributed by atoms with Crippen molar-refractivity contribution in [2.45, 2.75) is 4.90 Å². The first-order valence-electron chi connectivity index (χ1n) is 8.58. The zero-order valence-electron chi connectivity index (χ0n) is 14.2. The summed E-state index contributed by atoms with van der Waals surface area (Å²) in [5.74, 6) is 0.220. The van der Waals surface area contributed by atoms with E-state index in [0.717, 1.165) is 16.5 Å². The number of phenolic OH excluding ortho intramolecular Hbond substituents is 1. The van der Waals surface area contributed by atoms with Crippen LogP contribution in [0.4, 0.5) is 5.69 Å². The Morgan fingerprint density at radius 1 is 0.769 bits per heavy atom. The lowest BCUT2D eigenvalue weighted by molar-refractivity contribution is 0.382. The lowest BCUT2D eigenvalue weighted by Gasteiger charge is -2.35. The van der Waals surface area contributed by atoms with E-state index in [0.29, 0.717) is 31.1 Å². The van der Waals surface area contributed by atoms with Gasteiger partial charge in [-0.05, 0) is 23.6 Å². The molecule has 4 rings (SSSR count). The summed E-state index contributed by atoms with van der Waals surface area (Å²) in [6, 6.07) is 20.1. The molecule has 1 heterocycles. The molecule has 0 aliphatic carbocycles. The van der Waals surface area contributed by atoms with Crippen LogP contribution in [0.25, 0.3) is 10.8 Å². The molecule has 1 N–H and O–H groups in total. The number of aromatic hydroxyl groups is 1. The second kappa shape index (κ2) is 6.63. The molecule has 0 amide bonds. The quantitative estimate of drug-likeness (QED) is 0.772. The third kappa shape index (κ3) is 2.91. The van der Waals surface area contributed by atoms with Gasteiger partial charge >= 0.3 is 0 Å². The lowest BCUT2D eigenvalue weighted by Crippen LogP contribution is -2.48. The number of anilines is 1. The molecule has 1 aliphatic rings. The zero-order valence-corrected chi connectivity index (χ0v) is 15.1. The smallest absolute Gasteiger partial charge is 0.243 e. The highest BCUT2D eigenvalue weighted by Crippen LogP contribution is 2.30. The molecule has 6 heteroatoms. The summed E-state index contributed by atoms with van der Waals surface area (Å²) in [6.45, 7) is 1.86. The average molecular weight is 368 g/mol. The van der Waals surface area contributed by atoms with E-state index in [1.807, 2.05) is 47.4 Å². The Balaban J connectivity index is 1.60. The number of phenols is 1. The number of nitrogens with zero attached hydrogens (tertiary/aromatic N) is 2. The fraction of sp³-hybridized carbons (Fsp3) is 0.200. The number of fused-ring (bicyclic) bond motifs is 1. The van der Waals surface area contributed by atoms with Crippen LogP contribution in [0.2, 0.25) is 0 Å². The van der Waals surface area contributed by atoms with Gasteiger partial charge in [-0.15, -0.1) is 0 Å². The minimum Gasteiger partial charge on any atom is -0.506 e. The van der Waals surface area contributed by atoms with Crippen LogP contribution < -0.4 is 4.90 Å². The largest absolute Gasteiger partial charge is 0.506 e. The van der Waals surface area contributed by atoms with Crippen molar-refractivity contribution >= 4 is 26.5 Å². The number of hydrogen-bond donors (Lipinski definition) is 1. The van der Waals surface area contributed by atoms with Crippen molar-refractivity contribution < 1.29 is 13.5 Å². The normalized spacial score (nSPS) is 16.1. The van der Waals surface area contributed by atoms with E-state index in [1.165, 1.54) is 4.31 Å². The van der Waals surface area contributed by atoms with Crippen LogP contribution in [-0.2, 0) is 10.0 Å². The summed E-state index contributed by atoms with van der Waals surface area (Å²) in [5, 5.41) is 11.7. The van der Waals surface area contributed by atoms with Gasteiger partial charge in [-0.2, -0.15) is 4.31 Å². The van der Waals surface area contributed by atoms with Gasteiger partial charge in [-0.1, -0.05) is 48.5 Å². The Morgan fingerprint density at radius 2 is 1.42 bits per heavy atom. The second-order valence-electron chi connectivity index (χ2n) is 6.36. The van der Waals surface area contributed by atoms with Crippen LogP contribution in [-0.4, -0.2) is 44.0 Å². The number of para-hydroxylation sites is 2. The molecule has 0 spiro atoms. The number of piperazine rings is 1. The van der Waals surface area contributed by atoms with Gasteiger partial charge in [0.1, 0.15) is 5.75 Å². The van der Waals surface area contributed by atoms with Crippen LogP contribution >= 0.6 is 0 Å². The zero-order chi connectivity index (χ0) is 18.1. The van der Waals surface area contributed by atoms with Crippen molar-refractivity contribution in [1.82, 2.24) is 4.31 Å². The fourth-order valence-corrected chi connectivity index (χ4v) is 5.10. The van der Waals surface area contributed by atoms with E-state index in [2.05, 4.69) is 0 Å². The topological polar surface area (TPSA) is 60.9 Å². The molecule has 134 valence electrons. The Bertz CT molecular complexity index is 1040. The van der Waals surface area contributed by atoms with Gasteiger partial charge in [0.05, 0.1) is 10.6 Å². The first-order valence-corrected chi connectivity index (χ1v) is 10.0. The SMILES string of the molecule is O=S(=O)(c1cccc2ccccc12)N1CCN(c2ccccc2O)CC1. The highest BCUT2D eigenvalue weighted by molar-refractivity contribution is 7.89. The van der Waals surface area contributed by atoms with Crippen LogP contribution in [0.1, 0.15) is 0 Å². The lowest BCUT2D eigenvalue weighted by atomic mass is 10.1. The fourth-order valence-electron chi connectivity index (χ4n) is 3.46. The molecule has 0 unspecified atom stereocenters. The summed E-state index contributed by atoms with van der Waals surface area (Å²) < 4.78 is 27.9. The number of rotatable bonds is 3. The van der Waals surface area contributed by atoms with E-state index in [9.17, 15) is 13.5 Å². The van der Waals surface area contributed by atoms with Crippen LogP contribution in [0.5, 0.6) is 5.75 Å². The monoisotopic (exact) mass is 368 g/mol. The molecule has 0 bridgehead atoms. The molecular weight excluding hydrogens is 348 g/mol. The van der Waals surface area contributed by atoms with Crippen LogP contribution in [0.15, 0.2) is 71.6 Å². The standard InChI is InChI=1S/C20H20N2O3S/c23-19-10-4-3-9-18(19)21-12-14-22(15-13-21)26(24,25)20-11-5-7-16-6-1-2-8-17(16)20/h1-11,23H,12-15H2. The van der Waals surface area contributed by atoms with Crippen molar-refractivity contribution in [3.05, 3.63) is 66.7 Å². The van der Waals surface area contributed by atoms with Crippen molar-refractivity contribution in [3.63, 3.8) is 0 Å². The Labute approximate surface area is 153 Å². The third-order valence-corrected chi connectivity index (χ3v) is 6.79. The maximum absolute atomic E-state index is 13.2. The molecule has 0 aromatic heterocycles. The predicted molar refractivity (Wildman–Crippen MR) is 103 cm³/mol. The maximum atomic E-state index is 13.2. The Morgan fingerprint density at radius 3 is 2.19 bits per heavy atom. The van der Waals surface area contributed by atoms with E-state index >= 15 is 0 Å². The minimum absolute atomic E-state index is 0.220. The van der Waals surface area contributed by atoms with E-state index < -0.39 is 10.0 Å². The number of benzene rings is 3. The molecule has 3 aromatic carbocycles. The first kappa shape index (κ1) is 16.9. The summed E-state index contributed by atoms with van der Waals surface area (Å²) in [5.41, 5.74) is 0.745. The van der Waals surface area contributed by atoms with E-state index in [4.69, 9.17) is 0 Å². The molecular formula is C20H20N2O3S. The third-order valence-electron chi connectivity index (χ3n) is 4.83. The highest BCUT2D eigenvalue weighted by atomic mass is 32.2. The van der Waals surface area contributed by atoms with Crippen LogP contribution in [0.3, 0.4) is 0 Å². The van der Waals surface area contributed by atoms with Gasteiger partial charge < -0.3 is 10.0 Å². The second-order valence-corrected chi connectivity index (χ2v) is 8.26. The van der Waals surface area contributed by atoms with Crippen molar-refractivity contribution in [2.24, 2.45) is 0 Å². The molecule has 26 heavy (non-hydrogen) atoms. The van der Waals surface area contributed by atoms with E-state index in [1.54, 1.807) is 24.3 Å². The van der Waals surface area contributed by atoms with Gasteiger partial charge in [-0.25, -0.2) is 8.42 Å². The number of hydrogen-bond acceptors (Lipinski definition) is 4. The minimum atomic E-state index is -3.56. The average Bonchev–Trinajstić information content (AvgIpc) is 2.68. The summed E-state index contributed by atoms with van der Waals surface area (Å²) in [7, 11) is -3.56. The Hall–Kier alpha value is -2.57.